The molecule has 9 rings (SSSR count). The maximum Gasteiger partial charge on any atom is 0.0720 e. The fourth-order valence-corrected chi connectivity index (χ4v) is 8.05. The number of para-hydroxylation sites is 2. The molecular weight excluding hydrogens is 567 g/mol. The van der Waals surface area contributed by atoms with Crippen molar-refractivity contribution in [2.75, 3.05) is 4.90 Å². The van der Waals surface area contributed by atoms with E-state index < -0.39 is 5.41 Å². The van der Waals surface area contributed by atoms with Gasteiger partial charge in [-0.1, -0.05) is 151 Å². The molecule has 0 N–H and O–H groups in total. The van der Waals surface area contributed by atoms with Crippen molar-refractivity contribution in [3.8, 4) is 11.1 Å². The Kier molecular flexibility index (Phi) is 6.33. The first-order chi connectivity index (χ1) is 23.2. The summed E-state index contributed by atoms with van der Waals surface area (Å²) in [5.74, 6) is 0. The minimum atomic E-state index is -0.542. The lowest BCUT2D eigenvalue weighted by molar-refractivity contribution is 0.776. The van der Waals surface area contributed by atoms with Gasteiger partial charge in [0.25, 0.3) is 0 Å². The second-order valence-corrected chi connectivity index (χ2v) is 12.6. The quantitative estimate of drug-likeness (QED) is 0.178. The number of benzene rings is 8. The maximum absolute atomic E-state index is 2.46. The van der Waals surface area contributed by atoms with Crippen molar-refractivity contribution in [3.05, 3.63) is 210 Å². The van der Waals surface area contributed by atoms with Crippen LogP contribution >= 0.6 is 0 Å². The smallest absolute Gasteiger partial charge is 0.0720 e. The molecule has 0 bridgehead atoms. The predicted octanol–water partition coefficient (Wildman–Crippen LogP) is 12.1. The number of nitrogens with zero attached hydrogens (tertiary/aromatic N) is 1. The van der Waals surface area contributed by atoms with Crippen LogP contribution in [0.15, 0.2) is 182 Å². The molecule has 0 saturated carbocycles. The first-order valence-corrected chi connectivity index (χ1v) is 16.4. The normalized spacial score (nSPS) is 13.0. The van der Waals surface area contributed by atoms with Gasteiger partial charge in [-0.2, -0.15) is 0 Å². The molecule has 222 valence electrons. The number of hydrogen-bond donors (Lipinski definition) is 0. The molecule has 0 atom stereocenters. The summed E-state index contributed by atoms with van der Waals surface area (Å²) < 4.78 is 0. The molecule has 1 aliphatic carbocycles. The number of aryl methyl sites for hydroxylation is 1. The number of fused-ring (bicyclic) bond motifs is 8. The van der Waals surface area contributed by atoms with Crippen LogP contribution in [-0.2, 0) is 5.41 Å². The average Bonchev–Trinajstić information content (AvgIpc) is 3.45. The van der Waals surface area contributed by atoms with Crippen LogP contribution in [0, 0.1) is 6.92 Å². The Balaban J connectivity index is 1.47. The average molecular weight is 600 g/mol. The molecule has 0 amide bonds. The third kappa shape index (κ3) is 4.10. The summed E-state index contributed by atoms with van der Waals surface area (Å²) in [6.07, 6.45) is 0. The Morgan fingerprint density at radius 3 is 1.53 bits per heavy atom. The fourth-order valence-electron chi connectivity index (χ4n) is 8.05. The van der Waals surface area contributed by atoms with E-state index in [0.29, 0.717) is 0 Å². The van der Waals surface area contributed by atoms with Gasteiger partial charge in [-0.25, -0.2) is 0 Å². The van der Waals surface area contributed by atoms with Crippen LogP contribution in [0.4, 0.5) is 17.1 Å². The highest BCUT2D eigenvalue weighted by Crippen LogP contribution is 2.61. The van der Waals surface area contributed by atoms with Gasteiger partial charge >= 0.3 is 0 Å². The molecule has 0 unspecified atom stereocenters. The number of rotatable bonds is 5. The molecule has 0 fully saturated rings. The Bertz CT molecular complexity index is 2320. The Labute approximate surface area is 276 Å². The Morgan fingerprint density at radius 1 is 0.404 bits per heavy atom. The standard InChI is InChI=1S/C46H33N/c1-32-26-28-40-42(30-32)38-24-14-15-25-39(38)44-41-29-27-37(47(35-20-10-4-11-21-35)36-22-12-5-13-23-36)31-43(41)46(45(40)44,33-16-6-2-7-17-33)34-18-8-3-9-19-34/h2-31H,1H3. The molecule has 8 aromatic rings. The lowest BCUT2D eigenvalue weighted by Crippen LogP contribution is -2.29. The third-order valence-corrected chi connectivity index (χ3v) is 9.93. The van der Waals surface area contributed by atoms with Crippen molar-refractivity contribution in [3.63, 3.8) is 0 Å². The van der Waals surface area contributed by atoms with Crippen molar-refractivity contribution in [1.29, 1.82) is 0 Å². The monoisotopic (exact) mass is 599 g/mol. The van der Waals surface area contributed by atoms with Crippen LogP contribution in [0.3, 0.4) is 0 Å². The largest absolute Gasteiger partial charge is 0.310 e. The van der Waals surface area contributed by atoms with Gasteiger partial charge < -0.3 is 4.90 Å². The van der Waals surface area contributed by atoms with E-state index >= 15 is 0 Å². The second kappa shape index (κ2) is 10.9. The van der Waals surface area contributed by atoms with E-state index in [9.17, 15) is 0 Å². The molecule has 8 aromatic carbocycles. The van der Waals surface area contributed by atoms with Crippen LogP contribution in [-0.4, -0.2) is 0 Å². The first-order valence-electron chi connectivity index (χ1n) is 16.4. The summed E-state index contributed by atoms with van der Waals surface area (Å²) in [4.78, 5) is 2.38. The maximum atomic E-state index is 2.46. The Hall–Kier alpha value is -5.92. The molecule has 0 saturated heterocycles. The Morgan fingerprint density at radius 2 is 0.936 bits per heavy atom. The highest BCUT2D eigenvalue weighted by molar-refractivity contribution is 6.19. The van der Waals surface area contributed by atoms with Crippen molar-refractivity contribution < 1.29 is 0 Å². The van der Waals surface area contributed by atoms with Crippen molar-refractivity contribution in [2.24, 2.45) is 0 Å². The zero-order valence-corrected chi connectivity index (χ0v) is 26.3. The highest BCUT2D eigenvalue weighted by Gasteiger charge is 2.48. The first kappa shape index (κ1) is 27.4. The van der Waals surface area contributed by atoms with E-state index in [0.717, 1.165) is 17.1 Å². The molecule has 0 radical (unpaired) electrons. The minimum absolute atomic E-state index is 0.542. The zero-order valence-electron chi connectivity index (χ0n) is 26.3. The molecule has 0 aromatic heterocycles. The van der Waals surface area contributed by atoms with Crippen LogP contribution < -0.4 is 4.90 Å². The number of hydrogen-bond acceptors (Lipinski definition) is 1. The molecule has 1 aliphatic rings. The minimum Gasteiger partial charge on any atom is -0.310 e. The van der Waals surface area contributed by atoms with Gasteiger partial charge in [0.1, 0.15) is 0 Å². The van der Waals surface area contributed by atoms with Crippen LogP contribution in [0.25, 0.3) is 32.7 Å². The molecule has 1 nitrogen and oxygen atoms in total. The lowest BCUT2D eigenvalue weighted by atomic mass is 9.66. The van der Waals surface area contributed by atoms with Crippen LogP contribution in [0.5, 0.6) is 0 Å². The lowest BCUT2D eigenvalue weighted by Gasteiger charge is -2.35. The highest BCUT2D eigenvalue weighted by atomic mass is 15.1. The topological polar surface area (TPSA) is 3.24 Å². The van der Waals surface area contributed by atoms with E-state index in [-0.39, 0.29) is 0 Å². The second-order valence-electron chi connectivity index (χ2n) is 12.6. The van der Waals surface area contributed by atoms with E-state index in [4.69, 9.17) is 0 Å². The molecule has 0 aliphatic heterocycles. The van der Waals surface area contributed by atoms with Gasteiger partial charge in [0.2, 0.25) is 0 Å². The van der Waals surface area contributed by atoms with Gasteiger partial charge in [-0.15, -0.1) is 0 Å². The van der Waals surface area contributed by atoms with Gasteiger partial charge in [-0.05, 0) is 98.2 Å². The van der Waals surface area contributed by atoms with Gasteiger partial charge in [0, 0.05) is 17.1 Å². The van der Waals surface area contributed by atoms with E-state index in [1.54, 1.807) is 0 Å². The molecule has 0 heterocycles. The molecular formula is C46H33N. The summed E-state index contributed by atoms with van der Waals surface area (Å²) >= 11 is 0. The van der Waals surface area contributed by atoms with Gasteiger partial charge in [-0.3, -0.25) is 0 Å². The summed E-state index contributed by atoms with van der Waals surface area (Å²) in [7, 11) is 0. The molecule has 1 heteroatoms. The van der Waals surface area contributed by atoms with Crippen LogP contribution in [0.1, 0.15) is 27.8 Å². The summed E-state index contributed by atoms with van der Waals surface area (Å²) in [6, 6.07) is 66.9. The third-order valence-electron chi connectivity index (χ3n) is 9.93. The van der Waals surface area contributed by atoms with Gasteiger partial charge in [0.15, 0.2) is 0 Å². The number of anilines is 3. The fraction of sp³-hybridized carbons (Fsp3) is 0.0435. The summed E-state index contributed by atoms with van der Waals surface area (Å²) in [5.41, 5.74) is 11.9. The van der Waals surface area contributed by atoms with Gasteiger partial charge in [0.05, 0.1) is 5.41 Å². The van der Waals surface area contributed by atoms with E-state index in [1.807, 2.05) is 0 Å². The summed E-state index contributed by atoms with van der Waals surface area (Å²) in [6.45, 7) is 2.20. The van der Waals surface area contributed by atoms with E-state index in [2.05, 4.69) is 194 Å². The van der Waals surface area contributed by atoms with Crippen LogP contribution in [0.2, 0.25) is 0 Å². The van der Waals surface area contributed by atoms with Crippen molar-refractivity contribution in [1.82, 2.24) is 0 Å². The van der Waals surface area contributed by atoms with E-state index in [1.165, 1.54) is 60.5 Å². The SMILES string of the molecule is Cc1ccc2c3c(c4ccccc4c2c1)-c1ccc(N(c2ccccc2)c2ccccc2)cc1C3(c1ccccc1)c1ccccc1. The predicted molar refractivity (Wildman–Crippen MR) is 198 cm³/mol. The summed E-state index contributed by atoms with van der Waals surface area (Å²) in [5, 5.41) is 5.20. The van der Waals surface area contributed by atoms with Crippen molar-refractivity contribution >= 4 is 38.6 Å². The van der Waals surface area contributed by atoms with Crippen molar-refractivity contribution in [2.45, 2.75) is 12.3 Å². The molecule has 47 heavy (non-hydrogen) atoms. The molecule has 0 spiro atoms. The zero-order chi connectivity index (χ0) is 31.4.